The number of unbranched alkanes of at least 4 members (excludes halogenated alkanes) is 1. The molecule has 0 fully saturated rings. The minimum absolute atomic E-state index is 0.200. The largest absolute Gasteiger partial charge is 0.462 e. The number of carbonyl (C=O) groups excluding carboxylic acids is 3. The molecule has 0 aliphatic rings. The number of nitrogens with one attached hydrogen (secondary N) is 2. The van der Waals surface area contributed by atoms with E-state index in [-0.39, 0.29) is 17.8 Å². The van der Waals surface area contributed by atoms with Crippen molar-refractivity contribution in [3.63, 3.8) is 0 Å². The van der Waals surface area contributed by atoms with Crippen LogP contribution in [0.15, 0.2) is 77.7 Å². The predicted molar refractivity (Wildman–Crippen MR) is 136 cm³/mol. The molecular weight excluding hydrogens is 467 g/mol. The van der Waals surface area contributed by atoms with Crippen molar-refractivity contribution in [1.29, 1.82) is 0 Å². The highest BCUT2D eigenvalue weighted by Crippen LogP contribution is 2.27. The van der Waals surface area contributed by atoms with Crippen LogP contribution in [0, 0.1) is 5.82 Å². The normalized spacial score (nSPS) is 11.4. The minimum atomic E-state index is -0.420. The Bertz CT molecular complexity index is 1170. The van der Waals surface area contributed by atoms with Crippen LogP contribution in [0.5, 0.6) is 0 Å². The summed E-state index contributed by atoms with van der Waals surface area (Å²) in [5.74, 6) is -1.34. The van der Waals surface area contributed by atoms with E-state index in [1.807, 2.05) is 13.0 Å². The molecule has 1 atom stereocenters. The maximum Gasteiger partial charge on any atom is 0.338 e. The second kappa shape index (κ2) is 12.7. The Morgan fingerprint density at radius 1 is 0.914 bits per heavy atom. The number of rotatable bonds is 10. The molecule has 8 heteroatoms. The summed E-state index contributed by atoms with van der Waals surface area (Å²) < 4.78 is 18.3. The lowest BCUT2D eigenvalue weighted by molar-refractivity contribution is -0.115. The number of ether oxygens (including phenoxy) is 1. The molecule has 2 N–H and O–H groups in total. The van der Waals surface area contributed by atoms with E-state index in [4.69, 9.17) is 4.74 Å². The first-order valence-corrected chi connectivity index (χ1v) is 12.2. The van der Waals surface area contributed by atoms with E-state index < -0.39 is 11.1 Å². The standard InChI is InChI=1S/C27H27FN2O4S/c1-3-4-16-34-27(33)20-10-14-22(15-11-20)29-25(31)18(2)35-24-7-5-6-23(17-24)30-26(32)19-8-12-21(28)13-9-19/h5-15,17-18H,3-4,16H2,1-2H3,(H,29,31)(H,30,32). The number of halogens is 1. The molecular formula is C27H27FN2O4S. The van der Waals surface area contributed by atoms with Crippen molar-refractivity contribution in [1.82, 2.24) is 0 Å². The molecule has 0 saturated heterocycles. The number of benzene rings is 3. The summed E-state index contributed by atoms with van der Waals surface area (Å²) in [7, 11) is 0. The molecule has 0 spiro atoms. The Labute approximate surface area is 208 Å². The lowest BCUT2D eigenvalue weighted by Gasteiger charge is -2.13. The Morgan fingerprint density at radius 2 is 1.60 bits per heavy atom. The van der Waals surface area contributed by atoms with Gasteiger partial charge in [-0.2, -0.15) is 0 Å². The van der Waals surface area contributed by atoms with Gasteiger partial charge in [0.1, 0.15) is 5.82 Å². The third-order valence-electron chi connectivity index (χ3n) is 5.00. The Morgan fingerprint density at radius 3 is 2.29 bits per heavy atom. The van der Waals surface area contributed by atoms with Crippen LogP contribution >= 0.6 is 11.8 Å². The quantitative estimate of drug-likeness (QED) is 0.200. The van der Waals surface area contributed by atoms with Gasteiger partial charge in [-0.3, -0.25) is 9.59 Å². The highest BCUT2D eigenvalue weighted by molar-refractivity contribution is 8.00. The van der Waals surface area contributed by atoms with Crippen LogP contribution in [0.2, 0.25) is 0 Å². The fourth-order valence-electron chi connectivity index (χ4n) is 3.04. The van der Waals surface area contributed by atoms with Crippen LogP contribution in [0.3, 0.4) is 0 Å². The fraction of sp³-hybridized carbons (Fsp3) is 0.222. The molecule has 182 valence electrons. The number of carbonyl (C=O) groups is 3. The van der Waals surface area contributed by atoms with Gasteiger partial charge in [-0.15, -0.1) is 11.8 Å². The summed E-state index contributed by atoms with van der Waals surface area (Å²) in [4.78, 5) is 37.8. The summed E-state index contributed by atoms with van der Waals surface area (Å²) >= 11 is 1.34. The van der Waals surface area contributed by atoms with E-state index >= 15 is 0 Å². The molecule has 1 unspecified atom stereocenters. The van der Waals surface area contributed by atoms with Gasteiger partial charge in [0, 0.05) is 21.8 Å². The zero-order valence-corrected chi connectivity index (χ0v) is 20.4. The van der Waals surface area contributed by atoms with Crippen molar-refractivity contribution in [3.8, 4) is 0 Å². The number of hydrogen-bond donors (Lipinski definition) is 2. The van der Waals surface area contributed by atoms with Gasteiger partial charge in [-0.05, 0) is 80.1 Å². The summed E-state index contributed by atoms with van der Waals surface area (Å²) in [6.07, 6.45) is 1.77. The van der Waals surface area contributed by atoms with E-state index in [1.54, 1.807) is 49.4 Å². The number of anilines is 2. The van der Waals surface area contributed by atoms with E-state index in [9.17, 15) is 18.8 Å². The topological polar surface area (TPSA) is 84.5 Å². The van der Waals surface area contributed by atoms with Crippen molar-refractivity contribution in [3.05, 3.63) is 89.7 Å². The van der Waals surface area contributed by atoms with E-state index in [0.717, 1.165) is 17.7 Å². The maximum absolute atomic E-state index is 13.1. The van der Waals surface area contributed by atoms with Gasteiger partial charge in [-0.25, -0.2) is 9.18 Å². The highest BCUT2D eigenvalue weighted by atomic mass is 32.2. The first-order chi connectivity index (χ1) is 16.9. The van der Waals surface area contributed by atoms with Crippen LogP contribution in [-0.4, -0.2) is 29.6 Å². The van der Waals surface area contributed by atoms with Gasteiger partial charge >= 0.3 is 5.97 Å². The second-order valence-corrected chi connectivity index (χ2v) is 9.22. The van der Waals surface area contributed by atoms with Crippen molar-refractivity contribution < 1.29 is 23.5 Å². The highest BCUT2D eigenvalue weighted by Gasteiger charge is 2.16. The van der Waals surface area contributed by atoms with Crippen LogP contribution < -0.4 is 10.6 Å². The average Bonchev–Trinajstić information content (AvgIpc) is 2.85. The van der Waals surface area contributed by atoms with E-state index in [2.05, 4.69) is 10.6 Å². The van der Waals surface area contributed by atoms with Crippen molar-refractivity contribution in [2.24, 2.45) is 0 Å². The van der Waals surface area contributed by atoms with Gasteiger partial charge in [0.2, 0.25) is 5.91 Å². The number of hydrogen-bond acceptors (Lipinski definition) is 5. The third kappa shape index (κ3) is 7.96. The molecule has 0 aliphatic heterocycles. The van der Waals surface area contributed by atoms with Crippen molar-refractivity contribution >= 4 is 40.9 Å². The number of thioether (sulfide) groups is 1. The lowest BCUT2D eigenvalue weighted by Crippen LogP contribution is -2.22. The van der Waals surface area contributed by atoms with E-state index in [1.165, 1.54) is 36.0 Å². The molecule has 35 heavy (non-hydrogen) atoms. The molecule has 0 saturated carbocycles. The minimum Gasteiger partial charge on any atom is -0.462 e. The summed E-state index contributed by atoms with van der Waals surface area (Å²) in [6, 6.07) is 19.0. The SMILES string of the molecule is CCCCOC(=O)c1ccc(NC(=O)C(C)Sc2cccc(NC(=O)c3ccc(F)cc3)c2)cc1. The first kappa shape index (κ1) is 26.0. The summed E-state index contributed by atoms with van der Waals surface area (Å²) in [5.41, 5.74) is 1.92. The molecule has 2 amide bonds. The molecule has 3 aromatic carbocycles. The Hall–Kier alpha value is -3.65. The fourth-order valence-corrected chi connectivity index (χ4v) is 3.96. The van der Waals surface area contributed by atoms with E-state index in [0.29, 0.717) is 29.1 Å². The Kier molecular flexibility index (Phi) is 9.43. The van der Waals surface area contributed by atoms with Gasteiger partial charge in [0.05, 0.1) is 17.4 Å². The molecule has 6 nitrogen and oxygen atoms in total. The third-order valence-corrected chi connectivity index (χ3v) is 6.09. The monoisotopic (exact) mass is 494 g/mol. The molecule has 0 aromatic heterocycles. The molecule has 0 radical (unpaired) electrons. The number of esters is 1. The molecule has 3 aromatic rings. The molecule has 0 aliphatic carbocycles. The summed E-state index contributed by atoms with van der Waals surface area (Å²) in [6.45, 7) is 4.19. The number of amides is 2. The zero-order valence-electron chi connectivity index (χ0n) is 19.5. The van der Waals surface area contributed by atoms with Gasteiger partial charge < -0.3 is 15.4 Å². The zero-order chi connectivity index (χ0) is 25.2. The van der Waals surface area contributed by atoms with Crippen LogP contribution in [-0.2, 0) is 9.53 Å². The van der Waals surface area contributed by atoms with Crippen LogP contribution in [0.25, 0.3) is 0 Å². The summed E-state index contributed by atoms with van der Waals surface area (Å²) in [5, 5.41) is 5.20. The van der Waals surface area contributed by atoms with Gasteiger partial charge in [-0.1, -0.05) is 19.4 Å². The smallest absolute Gasteiger partial charge is 0.338 e. The van der Waals surface area contributed by atoms with Crippen LogP contribution in [0.1, 0.15) is 47.4 Å². The lowest BCUT2D eigenvalue weighted by atomic mass is 10.2. The predicted octanol–water partition coefficient (Wildman–Crippen LogP) is 6.15. The van der Waals surface area contributed by atoms with Crippen molar-refractivity contribution in [2.75, 3.05) is 17.2 Å². The van der Waals surface area contributed by atoms with Crippen LogP contribution in [0.4, 0.5) is 15.8 Å². The van der Waals surface area contributed by atoms with Gasteiger partial charge in [0.25, 0.3) is 5.91 Å². The average molecular weight is 495 g/mol. The second-order valence-electron chi connectivity index (χ2n) is 7.81. The molecule has 0 heterocycles. The first-order valence-electron chi connectivity index (χ1n) is 11.3. The molecule has 0 bridgehead atoms. The van der Waals surface area contributed by atoms with Gasteiger partial charge in [0.15, 0.2) is 0 Å². The molecule has 3 rings (SSSR count). The Balaban J connectivity index is 1.54. The van der Waals surface area contributed by atoms with Crippen molar-refractivity contribution in [2.45, 2.75) is 36.8 Å². The maximum atomic E-state index is 13.1.